The molecule has 170 valence electrons. The largest absolute Gasteiger partial charge is 0.493 e. The van der Waals surface area contributed by atoms with Crippen LogP contribution in [0.15, 0.2) is 65.8 Å². The van der Waals surface area contributed by atoms with Gasteiger partial charge in [-0.05, 0) is 48.4 Å². The molecule has 0 radical (unpaired) electrons. The Bertz CT molecular complexity index is 1200. The van der Waals surface area contributed by atoms with Gasteiger partial charge >= 0.3 is 11.8 Å². The summed E-state index contributed by atoms with van der Waals surface area (Å²) in [6.07, 6.45) is 1.34. The first kappa shape index (κ1) is 24.1. The highest BCUT2D eigenvalue weighted by Gasteiger charge is 2.14. The van der Waals surface area contributed by atoms with Crippen molar-refractivity contribution in [1.82, 2.24) is 5.43 Å². The van der Waals surface area contributed by atoms with E-state index in [1.54, 1.807) is 36.4 Å². The molecule has 2 N–H and O–H groups in total. The quantitative estimate of drug-likeness (QED) is 0.280. The average Bonchev–Trinajstić information content (AvgIpc) is 2.79. The van der Waals surface area contributed by atoms with Crippen molar-refractivity contribution in [3.8, 4) is 11.5 Å². The van der Waals surface area contributed by atoms with Crippen LogP contribution in [0, 0.1) is 6.92 Å². The lowest BCUT2D eigenvalue weighted by Crippen LogP contribution is -2.32. The van der Waals surface area contributed by atoms with Crippen molar-refractivity contribution in [2.45, 2.75) is 13.5 Å². The van der Waals surface area contributed by atoms with E-state index < -0.39 is 11.8 Å². The number of carbonyl (C=O) groups excluding carboxylic acids is 2. The molecule has 7 nitrogen and oxygen atoms in total. The Morgan fingerprint density at radius 2 is 1.79 bits per heavy atom. The molecule has 0 aliphatic rings. The summed E-state index contributed by atoms with van der Waals surface area (Å²) in [6, 6.07) is 17.6. The predicted octanol–water partition coefficient (Wildman–Crippen LogP) is 4.98. The Morgan fingerprint density at radius 3 is 2.52 bits per heavy atom. The zero-order valence-electron chi connectivity index (χ0n) is 17.9. The zero-order chi connectivity index (χ0) is 23.8. The van der Waals surface area contributed by atoms with E-state index in [9.17, 15) is 9.59 Å². The van der Waals surface area contributed by atoms with Gasteiger partial charge in [0.15, 0.2) is 11.5 Å². The van der Waals surface area contributed by atoms with Gasteiger partial charge in [0.2, 0.25) is 0 Å². The van der Waals surface area contributed by atoms with Crippen LogP contribution in [-0.2, 0) is 16.2 Å². The fraction of sp³-hybridized carbons (Fsp3) is 0.125. The van der Waals surface area contributed by atoms with Gasteiger partial charge in [0.25, 0.3) is 0 Å². The van der Waals surface area contributed by atoms with Gasteiger partial charge < -0.3 is 14.8 Å². The first-order valence-electron chi connectivity index (χ1n) is 9.82. The number of benzene rings is 3. The Labute approximate surface area is 201 Å². The molecule has 0 heterocycles. The third-order valence-electron chi connectivity index (χ3n) is 4.44. The number of carbonyl (C=O) groups is 2. The molecule has 0 atom stereocenters. The SMILES string of the molecule is COc1cc(/C=N\NC(=O)C(=O)Nc2cccc(C)c2)cc(Cl)c1OCc1ccccc1Cl. The first-order valence-corrected chi connectivity index (χ1v) is 10.6. The summed E-state index contributed by atoms with van der Waals surface area (Å²) in [5.74, 6) is -1.03. The van der Waals surface area contributed by atoms with Gasteiger partial charge in [-0.25, -0.2) is 5.43 Å². The molecule has 0 fully saturated rings. The van der Waals surface area contributed by atoms with Crippen molar-refractivity contribution in [1.29, 1.82) is 0 Å². The Balaban J connectivity index is 1.63. The maximum Gasteiger partial charge on any atom is 0.329 e. The van der Waals surface area contributed by atoms with Gasteiger partial charge in [0.05, 0.1) is 18.3 Å². The Hall–Kier alpha value is -3.55. The normalized spacial score (nSPS) is 10.7. The highest BCUT2D eigenvalue weighted by atomic mass is 35.5. The maximum atomic E-state index is 12.0. The van der Waals surface area contributed by atoms with Crippen LogP contribution in [0.2, 0.25) is 10.0 Å². The average molecular weight is 486 g/mol. The van der Waals surface area contributed by atoms with Crippen molar-refractivity contribution in [3.05, 3.63) is 87.4 Å². The molecule has 0 aromatic heterocycles. The van der Waals surface area contributed by atoms with Gasteiger partial charge in [0.1, 0.15) is 6.61 Å². The van der Waals surface area contributed by atoms with E-state index >= 15 is 0 Å². The van der Waals surface area contributed by atoms with Crippen LogP contribution in [-0.4, -0.2) is 25.1 Å². The molecule has 0 unspecified atom stereocenters. The molecule has 0 saturated heterocycles. The molecule has 0 saturated carbocycles. The molecule has 3 aromatic rings. The summed E-state index contributed by atoms with van der Waals surface area (Å²) in [7, 11) is 1.48. The number of halogens is 2. The maximum absolute atomic E-state index is 12.0. The molecule has 0 aliphatic carbocycles. The van der Waals surface area contributed by atoms with Gasteiger partial charge in [0, 0.05) is 16.3 Å². The molecule has 2 amide bonds. The van der Waals surface area contributed by atoms with Crippen molar-refractivity contribution < 1.29 is 19.1 Å². The number of anilines is 1. The van der Waals surface area contributed by atoms with E-state index in [1.165, 1.54) is 13.3 Å². The van der Waals surface area contributed by atoms with Crippen molar-refractivity contribution >= 4 is 46.9 Å². The fourth-order valence-electron chi connectivity index (χ4n) is 2.85. The number of ether oxygens (including phenoxy) is 2. The second kappa shape index (κ2) is 11.4. The van der Waals surface area contributed by atoms with E-state index in [0.29, 0.717) is 27.8 Å². The second-order valence-electron chi connectivity index (χ2n) is 6.94. The fourth-order valence-corrected chi connectivity index (χ4v) is 3.31. The van der Waals surface area contributed by atoms with Gasteiger partial charge in [-0.1, -0.05) is 53.5 Å². The lowest BCUT2D eigenvalue weighted by atomic mass is 10.2. The Kier molecular flexibility index (Phi) is 8.29. The number of rotatable bonds is 7. The van der Waals surface area contributed by atoms with Crippen LogP contribution >= 0.6 is 23.2 Å². The lowest BCUT2D eigenvalue weighted by Gasteiger charge is -2.14. The first-order chi connectivity index (χ1) is 15.9. The topological polar surface area (TPSA) is 89.0 Å². The number of hydrogen-bond donors (Lipinski definition) is 2. The summed E-state index contributed by atoms with van der Waals surface area (Å²) in [5, 5.41) is 7.19. The van der Waals surface area contributed by atoms with Crippen LogP contribution in [0.1, 0.15) is 16.7 Å². The molecule has 0 aliphatic heterocycles. The summed E-state index contributed by atoms with van der Waals surface area (Å²) in [4.78, 5) is 24.0. The van der Waals surface area contributed by atoms with Crippen LogP contribution in [0.5, 0.6) is 11.5 Å². The van der Waals surface area contributed by atoms with E-state index in [2.05, 4.69) is 15.8 Å². The van der Waals surface area contributed by atoms with Gasteiger partial charge in [-0.15, -0.1) is 0 Å². The van der Waals surface area contributed by atoms with Crippen molar-refractivity contribution in [2.24, 2.45) is 5.10 Å². The number of methoxy groups -OCH3 is 1. The molecule has 0 spiro atoms. The monoisotopic (exact) mass is 485 g/mol. The highest BCUT2D eigenvalue weighted by molar-refractivity contribution is 6.39. The standard InChI is InChI=1S/C24H21Cl2N3O4/c1-15-6-5-8-18(10-15)28-23(30)24(31)29-27-13-16-11-20(26)22(21(12-16)32-2)33-14-17-7-3-4-9-19(17)25/h3-13H,14H2,1-2H3,(H,28,30)(H,29,31)/b27-13-. The van der Waals surface area contributed by atoms with Gasteiger partial charge in [-0.3, -0.25) is 9.59 Å². The van der Waals surface area contributed by atoms with Gasteiger partial charge in [-0.2, -0.15) is 5.10 Å². The highest BCUT2D eigenvalue weighted by Crippen LogP contribution is 2.37. The number of hydrazone groups is 1. The minimum Gasteiger partial charge on any atom is -0.493 e. The summed E-state index contributed by atoms with van der Waals surface area (Å²) >= 11 is 12.5. The summed E-state index contributed by atoms with van der Waals surface area (Å²) in [6.45, 7) is 2.09. The van der Waals surface area contributed by atoms with Crippen LogP contribution in [0.3, 0.4) is 0 Å². The number of nitrogens with zero attached hydrogens (tertiary/aromatic N) is 1. The van der Waals surface area contributed by atoms with E-state index in [4.69, 9.17) is 32.7 Å². The lowest BCUT2D eigenvalue weighted by molar-refractivity contribution is -0.136. The Morgan fingerprint density at radius 1 is 1.00 bits per heavy atom. The smallest absolute Gasteiger partial charge is 0.329 e. The molecule has 3 aromatic carbocycles. The minimum absolute atomic E-state index is 0.204. The molecular formula is C24H21Cl2N3O4. The van der Waals surface area contributed by atoms with Crippen molar-refractivity contribution in [2.75, 3.05) is 12.4 Å². The van der Waals surface area contributed by atoms with Crippen LogP contribution < -0.4 is 20.2 Å². The third kappa shape index (κ3) is 6.71. The molecule has 0 bridgehead atoms. The second-order valence-corrected chi connectivity index (χ2v) is 7.75. The number of aryl methyl sites for hydroxylation is 1. The third-order valence-corrected chi connectivity index (χ3v) is 5.09. The number of hydrogen-bond acceptors (Lipinski definition) is 5. The number of nitrogens with one attached hydrogen (secondary N) is 2. The molecule has 9 heteroatoms. The van der Waals surface area contributed by atoms with Crippen LogP contribution in [0.4, 0.5) is 5.69 Å². The summed E-state index contributed by atoms with van der Waals surface area (Å²) in [5.41, 5.74) is 4.98. The predicted molar refractivity (Wildman–Crippen MR) is 129 cm³/mol. The molecular weight excluding hydrogens is 465 g/mol. The van der Waals surface area contributed by atoms with Crippen molar-refractivity contribution in [3.63, 3.8) is 0 Å². The van der Waals surface area contributed by atoms with E-state index in [0.717, 1.165) is 11.1 Å². The zero-order valence-corrected chi connectivity index (χ0v) is 19.4. The summed E-state index contributed by atoms with van der Waals surface area (Å²) < 4.78 is 11.2. The molecule has 3 rings (SSSR count). The van der Waals surface area contributed by atoms with E-state index in [1.807, 2.05) is 31.2 Å². The van der Waals surface area contributed by atoms with Crippen LogP contribution in [0.25, 0.3) is 0 Å². The van der Waals surface area contributed by atoms with E-state index in [-0.39, 0.29) is 11.6 Å². The number of amides is 2. The molecule has 33 heavy (non-hydrogen) atoms. The minimum atomic E-state index is -0.912.